The van der Waals surface area contributed by atoms with E-state index in [9.17, 15) is 47.0 Å². The van der Waals surface area contributed by atoms with E-state index in [2.05, 4.69) is 4.85 Å². The van der Waals surface area contributed by atoms with E-state index in [1.54, 1.807) is 45.9 Å². The zero-order chi connectivity index (χ0) is 42.7. The number of benzene rings is 2. The number of ether oxygens (including phenoxy) is 3. The van der Waals surface area contributed by atoms with Crippen LogP contribution in [0.15, 0.2) is 36.4 Å². The third-order valence-electron chi connectivity index (χ3n) is 12.6. The molecule has 6 aliphatic heterocycles. The molecule has 6 saturated heterocycles. The Bertz CT molecular complexity index is 2300. The summed E-state index contributed by atoms with van der Waals surface area (Å²) in [5, 5.41) is 28.1. The molecular formula is C40H37F3N4O11. The lowest BCUT2D eigenvalue weighted by molar-refractivity contribution is -0.163. The number of alkyl halides is 3. The second kappa shape index (κ2) is 13.2. The zero-order valence-corrected chi connectivity index (χ0v) is 31.7. The van der Waals surface area contributed by atoms with E-state index in [0.717, 1.165) is 17.7 Å². The number of esters is 1. The summed E-state index contributed by atoms with van der Waals surface area (Å²) in [5.41, 5.74) is -5.04. The summed E-state index contributed by atoms with van der Waals surface area (Å²) in [5.74, 6) is -7.51. The SMILES string of the molecule is CC12C[C@@H](OC(=O)CCC(=O)O)C(C)(O1)[C@H]1C(=O)N(c3ccc(C#N)c(C(F)(F)F)c3)C(=O)[C@H]12.[C-]#[N+]c1ccc(N2C(=O)[C@@H]3[C@H](C2=O)C2(C)C[C@H](O)C3(C)O2)cc1C. The largest absolute Gasteiger partial charge is 0.481 e. The number of hydrogen-bond acceptors (Lipinski definition) is 11. The van der Waals surface area contributed by atoms with E-state index in [-0.39, 0.29) is 23.9 Å². The molecule has 2 aromatic carbocycles. The van der Waals surface area contributed by atoms with Gasteiger partial charge in [-0.05, 0) is 70.5 Å². The number of carboxylic acids is 1. The Kier molecular flexibility index (Phi) is 9.20. The quantitative estimate of drug-likeness (QED) is 0.237. The molecule has 0 saturated carbocycles. The maximum absolute atomic E-state index is 13.4. The Labute approximate surface area is 329 Å². The Balaban J connectivity index is 0.000000187. The van der Waals surface area contributed by atoms with E-state index in [1.165, 1.54) is 17.9 Å². The van der Waals surface area contributed by atoms with Crippen LogP contribution in [0.2, 0.25) is 0 Å². The summed E-state index contributed by atoms with van der Waals surface area (Å²) in [6, 6.07) is 8.97. The highest BCUT2D eigenvalue weighted by Gasteiger charge is 2.77. The van der Waals surface area contributed by atoms with Crippen molar-refractivity contribution in [3.8, 4) is 6.07 Å². The molecule has 15 nitrogen and oxygen atoms in total. The lowest BCUT2D eigenvalue weighted by Gasteiger charge is -2.34. The second-order valence-electron chi connectivity index (χ2n) is 16.3. The molecule has 0 aliphatic carbocycles. The van der Waals surface area contributed by atoms with Gasteiger partial charge in [0, 0.05) is 18.5 Å². The Hall–Kier alpha value is -5.69. The fourth-order valence-corrected chi connectivity index (χ4v) is 10.0. The van der Waals surface area contributed by atoms with Crippen molar-refractivity contribution in [3.63, 3.8) is 0 Å². The van der Waals surface area contributed by atoms with Crippen molar-refractivity contribution in [2.45, 2.75) is 101 Å². The Morgan fingerprint density at radius 1 is 0.879 bits per heavy atom. The molecule has 304 valence electrons. The number of carbonyl (C=O) groups excluding carboxylic acids is 5. The molecule has 10 atom stereocenters. The van der Waals surface area contributed by atoms with Crippen molar-refractivity contribution in [1.29, 1.82) is 5.26 Å². The van der Waals surface area contributed by atoms with Crippen molar-refractivity contribution in [2.75, 3.05) is 9.80 Å². The number of carboxylic acid groups (broad SMARTS) is 1. The average Bonchev–Trinajstić information content (AvgIpc) is 3.87. The van der Waals surface area contributed by atoms with Crippen LogP contribution < -0.4 is 9.80 Å². The lowest BCUT2D eigenvalue weighted by Crippen LogP contribution is -2.50. The van der Waals surface area contributed by atoms with Crippen molar-refractivity contribution in [3.05, 3.63) is 64.5 Å². The predicted octanol–water partition coefficient (Wildman–Crippen LogP) is 4.37. The summed E-state index contributed by atoms with van der Waals surface area (Å²) in [6.45, 7) is 15.5. The standard InChI is InChI=1S/C22H19F3N2O7.C18H18N2O4/c1-20-8-13(33-15(30)6-5-14(28)29)21(2,34-20)17-16(20)18(31)27(19(17)32)11-4-3-10(9-26)12(7-11)22(23,24)25;1-9-7-10(5-6-11(9)19-4)20-15(22)13-14(16(20)23)18(3)12(21)8-17(13,2)24-18/h3-4,7,13,16-17H,5-6,8H2,1-2H3,(H,28,29);5-7,12-14,21H,8H2,1-3H3/t13-,16+,17-,20?,21?;12-,13+,14-,17?,18?/m10/s1. The number of nitrogens with zero attached hydrogens (tertiary/aromatic N) is 4. The number of nitriles is 1. The van der Waals surface area contributed by atoms with Crippen LogP contribution in [-0.4, -0.2) is 80.4 Å². The third kappa shape index (κ3) is 5.79. The Morgan fingerprint density at radius 2 is 1.40 bits per heavy atom. The lowest BCUT2D eigenvalue weighted by atomic mass is 9.67. The number of aryl methyl sites for hydroxylation is 1. The highest BCUT2D eigenvalue weighted by atomic mass is 19.4. The minimum absolute atomic E-state index is 0.0531. The topological polar surface area (TPSA) is 205 Å². The van der Waals surface area contributed by atoms with Gasteiger partial charge in [-0.15, -0.1) is 0 Å². The number of carbonyl (C=O) groups is 6. The first-order valence-corrected chi connectivity index (χ1v) is 18.3. The van der Waals surface area contributed by atoms with Crippen LogP contribution in [0, 0.1) is 48.5 Å². The van der Waals surface area contributed by atoms with E-state index < -0.39 is 112 Å². The highest BCUT2D eigenvalue weighted by molar-refractivity contribution is 6.24. The van der Waals surface area contributed by atoms with Gasteiger partial charge in [-0.1, -0.05) is 6.07 Å². The molecule has 2 aromatic rings. The van der Waals surface area contributed by atoms with Gasteiger partial charge in [0.1, 0.15) is 17.3 Å². The molecule has 6 fully saturated rings. The molecule has 6 aliphatic rings. The van der Waals surface area contributed by atoms with Gasteiger partial charge < -0.3 is 24.4 Å². The van der Waals surface area contributed by atoms with Gasteiger partial charge in [-0.2, -0.15) is 18.4 Å². The molecule has 0 spiro atoms. The molecule has 4 bridgehead atoms. The normalized spacial score (nSPS) is 35.4. The van der Waals surface area contributed by atoms with Gasteiger partial charge in [0.15, 0.2) is 5.69 Å². The predicted molar refractivity (Wildman–Crippen MR) is 190 cm³/mol. The number of halogens is 3. The minimum atomic E-state index is -4.88. The molecule has 0 radical (unpaired) electrons. The van der Waals surface area contributed by atoms with Crippen molar-refractivity contribution < 1.29 is 66.4 Å². The van der Waals surface area contributed by atoms with E-state index >= 15 is 0 Å². The van der Waals surface area contributed by atoms with Gasteiger partial charge in [0.05, 0.1) is 83.3 Å². The Morgan fingerprint density at radius 3 is 1.93 bits per heavy atom. The molecule has 58 heavy (non-hydrogen) atoms. The molecular weight excluding hydrogens is 769 g/mol. The number of aliphatic hydroxyl groups is 1. The third-order valence-corrected chi connectivity index (χ3v) is 12.6. The molecule has 4 amide bonds. The van der Waals surface area contributed by atoms with Crippen LogP contribution in [0.5, 0.6) is 0 Å². The number of fused-ring (bicyclic) bond motifs is 10. The maximum Gasteiger partial charge on any atom is 0.417 e. The van der Waals surface area contributed by atoms with Gasteiger partial charge in [0.25, 0.3) is 0 Å². The zero-order valence-electron chi connectivity index (χ0n) is 31.7. The summed E-state index contributed by atoms with van der Waals surface area (Å²) < 4.78 is 57.6. The first kappa shape index (κ1) is 40.5. The smallest absolute Gasteiger partial charge is 0.417 e. The molecule has 6 heterocycles. The summed E-state index contributed by atoms with van der Waals surface area (Å²) in [7, 11) is 0. The molecule has 4 unspecified atom stereocenters. The summed E-state index contributed by atoms with van der Waals surface area (Å²) in [4.78, 5) is 80.7. The molecule has 8 rings (SSSR count). The first-order chi connectivity index (χ1) is 27.0. The van der Waals surface area contributed by atoms with Gasteiger partial charge >= 0.3 is 18.1 Å². The van der Waals surface area contributed by atoms with Crippen molar-refractivity contribution in [1.82, 2.24) is 0 Å². The number of aliphatic hydroxyl groups excluding tert-OH is 1. The van der Waals surface area contributed by atoms with Crippen LogP contribution in [0.3, 0.4) is 0 Å². The second-order valence-corrected chi connectivity index (χ2v) is 16.3. The number of imide groups is 2. The first-order valence-electron chi connectivity index (χ1n) is 18.3. The van der Waals surface area contributed by atoms with Crippen molar-refractivity contribution >= 4 is 52.6 Å². The number of anilines is 2. The van der Waals surface area contributed by atoms with Crippen molar-refractivity contribution in [2.24, 2.45) is 23.7 Å². The number of aliphatic carboxylic acids is 1. The monoisotopic (exact) mass is 806 g/mol. The number of amides is 4. The van der Waals surface area contributed by atoms with Gasteiger partial charge in [0.2, 0.25) is 23.6 Å². The van der Waals surface area contributed by atoms with Crippen LogP contribution in [0.1, 0.15) is 70.1 Å². The van der Waals surface area contributed by atoms with E-state index in [1.807, 2.05) is 0 Å². The van der Waals surface area contributed by atoms with Gasteiger partial charge in [-0.3, -0.25) is 28.8 Å². The fourth-order valence-electron chi connectivity index (χ4n) is 10.0. The highest BCUT2D eigenvalue weighted by Crippen LogP contribution is 2.63. The van der Waals surface area contributed by atoms with Crippen LogP contribution in [0.4, 0.5) is 30.2 Å². The van der Waals surface area contributed by atoms with E-state index in [4.69, 9.17) is 31.2 Å². The molecule has 2 N–H and O–H groups in total. The van der Waals surface area contributed by atoms with E-state index in [0.29, 0.717) is 28.8 Å². The average molecular weight is 807 g/mol. The number of hydrogen-bond donors (Lipinski definition) is 2. The molecule has 18 heteroatoms. The van der Waals surface area contributed by atoms with Crippen LogP contribution in [-0.2, 0) is 49.2 Å². The minimum Gasteiger partial charge on any atom is -0.481 e. The summed E-state index contributed by atoms with van der Waals surface area (Å²) in [6.07, 6.45) is -7.02. The number of rotatable bonds is 6. The van der Waals surface area contributed by atoms with Crippen LogP contribution in [0.25, 0.3) is 4.85 Å². The maximum atomic E-state index is 13.4. The fraction of sp³-hybridized carbons (Fsp3) is 0.500. The van der Waals surface area contributed by atoms with Gasteiger partial charge in [-0.25, -0.2) is 14.6 Å². The molecule has 0 aromatic heterocycles. The van der Waals surface area contributed by atoms with Crippen LogP contribution >= 0.6 is 0 Å². The summed E-state index contributed by atoms with van der Waals surface area (Å²) >= 11 is 0.